The van der Waals surface area contributed by atoms with E-state index in [4.69, 9.17) is 4.74 Å². The van der Waals surface area contributed by atoms with Crippen LogP contribution >= 0.6 is 0 Å². The Kier molecular flexibility index (Phi) is 6.29. The molecule has 5 nitrogen and oxygen atoms in total. The molecular formula is C21H26FN3O2. The third-order valence-corrected chi connectivity index (χ3v) is 4.52. The van der Waals surface area contributed by atoms with E-state index in [2.05, 4.69) is 10.6 Å². The van der Waals surface area contributed by atoms with Crippen LogP contribution in [0.5, 0.6) is 0 Å². The molecule has 1 aliphatic rings. The van der Waals surface area contributed by atoms with E-state index in [1.165, 1.54) is 6.07 Å². The maximum absolute atomic E-state index is 14.6. The Hall–Kier alpha value is -2.60. The number of urea groups is 1. The van der Waals surface area contributed by atoms with Crippen LogP contribution < -0.4 is 15.5 Å². The number of carbonyl (C=O) groups excluding carboxylic acids is 1. The summed E-state index contributed by atoms with van der Waals surface area (Å²) in [7, 11) is 0. The zero-order valence-corrected chi connectivity index (χ0v) is 15.7. The summed E-state index contributed by atoms with van der Waals surface area (Å²) < 4.78 is 20.3. The molecule has 3 rings (SSSR count). The van der Waals surface area contributed by atoms with Gasteiger partial charge in [-0.3, -0.25) is 0 Å². The summed E-state index contributed by atoms with van der Waals surface area (Å²) in [6.07, 6.45) is 0.144. The van der Waals surface area contributed by atoms with Crippen LogP contribution in [0.25, 0.3) is 0 Å². The lowest BCUT2D eigenvalue weighted by molar-refractivity contribution is -0.00539. The lowest BCUT2D eigenvalue weighted by atomic mass is 10.1. The molecule has 1 aliphatic heterocycles. The number of hydrogen-bond donors (Lipinski definition) is 2. The van der Waals surface area contributed by atoms with Crippen molar-refractivity contribution in [3.63, 3.8) is 0 Å². The first-order chi connectivity index (χ1) is 13.0. The first-order valence-corrected chi connectivity index (χ1v) is 9.25. The lowest BCUT2D eigenvalue weighted by Crippen LogP contribution is -2.45. The molecule has 2 aromatic rings. The number of benzene rings is 2. The minimum absolute atomic E-state index is 0.0720. The highest BCUT2D eigenvalue weighted by atomic mass is 19.1. The monoisotopic (exact) mass is 371 g/mol. The summed E-state index contributed by atoms with van der Waals surface area (Å²) >= 11 is 0. The fraction of sp³-hybridized carbons (Fsp3) is 0.381. The molecule has 2 N–H and O–H groups in total. The average Bonchev–Trinajstić information content (AvgIpc) is 2.65. The van der Waals surface area contributed by atoms with Gasteiger partial charge in [-0.1, -0.05) is 36.4 Å². The third kappa shape index (κ3) is 5.44. The first-order valence-electron chi connectivity index (χ1n) is 9.25. The zero-order valence-electron chi connectivity index (χ0n) is 15.7. The molecule has 2 atom stereocenters. The van der Waals surface area contributed by atoms with Crippen LogP contribution in [0.2, 0.25) is 0 Å². The molecule has 1 fully saturated rings. The Balaban J connectivity index is 1.52. The zero-order chi connectivity index (χ0) is 19.2. The second-order valence-corrected chi connectivity index (χ2v) is 6.97. The standard InChI is InChI=1S/C21H26FN3O2/c1-15-13-25(14-16(2)27-15)20-9-8-18(10-19(20)22)12-24-21(26)23-11-17-6-4-3-5-7-17/h3-10,15-16H,11-14H2,1-2H3,(H2,23,24,26). The van der Waals surface area contributed by atoms with Crippen LogP contribution in [0.4, 0.5) is 14.9 Å². The summed E-state index contributed by atoms with van der Waals surface area (Å²) in [5, 5.41) is 5.55. The second-order valence-electron chi connectivity index (χ2n) is 6.97. The molecule has 144 valence electrons. The average molecular weight is 371 g/mol. The quantitative estimate of drug-likeness (QED) is 0.847. The van der Waals surface area contributed by atoms with Gasteiger partial charge in [-0.25, -0.2) is 9.18 Å². The number of carbonyl (C=O) groups is 1. The first kappa shape index (κ1) is 19.2. The molecule has 6 heteroatoms. The number of halogens is 1. The van der Waals surface area contributed by atoms with Crippen molar-refractivity contribution in [2.75, 3.05) is 18.0 Å². The summed E-state index contributed by atoms with van der Waals surface area (Å²) in [6.45, 7) is 6.04. The Morgan fingerprint density at radius 1 is 1.04 bits per heavy atom. The van der Waals surface area contributed by atoms with Crippen molar-refractivity contribution in [3.05, 3.63) is 65.5 Å². The van der Waals surface area contributed by atoms with E-state index in [0.717, 1.165) is 11.1 Å². The molecule has 1 heterocycles. The van der Waals surface area contributed by atoms with Crippen LogP contribution in [0.1, 0.15) is 25.0 Å². The summed E-state index contributed by atoms with van der Waals surface area (Å²) in [5.41, 5.74) is 2.33. The second kappa shape index (κ2) is 8.86. The number of rotatable bonds is 5. The van der Waals surface area contributed by atoms with Crippen LogP contribution in [0.15, 0.2) is 48.5 Å². The molecule has 2 aromatic carbocycles. The molecular weight excluding hydrogens is 345 g/mol. The molecule has 0 aliphatic carbocycles. The molecule has 0 aromatic heterocycles. The fourth-order valence-electron chi connectivity index (χ4n) is 3.31. The van der Waals surface area contributed by atoms with Crippen LogP contribution in [0, 0.1) is 5.82 Å². The highest BCUT2D eigenvalue weighted by molar-refractivity contribution is 5.73. The highest BCUT2D eigenvalue weighted by Gasteiger charge is 2.24. The Morgan fingerprint density at radius 3 is 2.30 bits per heavy atom. The van der Waals surface area contributed by atoms with Gasteiger partial charge in [0, 0.05) is 26.2 Å². The van der Waals surface area contributed by atoms with E-state index >= 15 is 0 Å². The van der Waals surface area contributed by atoms with Crippen molar-refractivity contribution in [1.82, 2.24) is 10.6 Å². The number of ether oxygens (including phenoxy) is 1. The molecule has 0 spiro atoms. The predicted molar refractivity (Wildman–Crippen MR) is 104 cm³/mol. The lowest BCUT2D eigenvalue weighted by Gasteiger charge is -2.37. The fourth-order valence-corrected chi connectivity index (χ4v) is 3.31. The van der Waals surface area contributed by atoms with Gasteiger partial charge in [-0.05, 0) is 37.1 Å². The number of morpholine rings is 1. The molecule has 0 radical (unpaired) electrons. The van der Waals surface area contributed by atoms with Crippen molar-refractivity contribution in [2.24, 2.45) is 0 Å². The topological polar surface area (TPSA) is 53.6 Å². The summed E-state index contributed by atoms with van der Waals surface area (Å²) in [6, 6.07) is 14.5. The van der Waals surface area contributed by atoms with E-state index in [9.17, 15) is 9.18 Å². The molecule has 1 saturated heterocycles. The number of amides is 2. The number of anilines is 1. The normalized spacial score (nSPS) is 19.6. The maximum Gasteiger partial charge on any atom is 0.315 e. The number of nitrogens with one attached hydrogen (secondary N) is 2. The van der Waals surface area contributed by atoms with Crippen LogP contribution in [-0.4, -0.2) is 31.3 Å². The van der Waals surface area contributed by atoms with Gasteiger partial charge in [0.05, 0.1) is 17.9 Å². The van der Waals surface area contributed by atoms with Gasteiger partial charge in [-0.2, -0.15) is 0 Å². The molecule has 2 amide bonds. The van der Waals surface area contributed by atoms with E-state index in [0.29, 0.717) is 25.3 Å². The van der Waals surface area contributed by atoms with E-state index in [1.54, 1.807) is 6.07 Å². The van der Waals surface area contributed by atoms with Crippen LogP contribution in [0.3, 0.4) is 0 Å². The van der Waals surface area contributed by atoms with Crippen LogP contribution in [-0.2, 0) is 17.8 Å². The minimum Gasteiger partial charge on any atom is -0.372 e. The van der Waals surface area contributed by atoms with Gasteiger partial charge < -0.3 is 20.3 Å². The van der Waals surface area contributed by atoms with E-state index in [1.807, 2.05) is 55.1 Å². The predicted octanol–water partition coefficient (Wildman–Crippen LogP) is 3.44. The van der Waals surface area contributed by atoms with Crippen molar-refractivity contribution >= 4 is 11.7 Å². The molecule has 27 heavy (non-hydrogen) atoms. The van der Waals surface area contributed by atoms with Gasteiger partial charge >= 0.3 is 6.03 Å². The SMILES string of the molecule is CC1CN(c2ccc(CNC(=O)NCc3ccccc3)cc2F)CC(C)O1. The van der Waals surface area contributed by atoms with Gasteiger partial charge in [0.2, 0.25) is 0 Å². The number of hydrogen-bond acceptors (Lipinski definition) is 3. The van der Waals surface area contributed by atoms with Crippen molar-refractivity contribution in [3.8, 4) is 0 Å². The van der Waals surface area contributed by atoms with Crippen molar-refractivity contribution in [2.45, 2.75) is 39.1 Å². The highest BCUT2D eigenvalue weighted by Crippen LogP contribution is 2.24. The van der Waals surface area contributed by atoms with Gasteiger partial charge in [0.1, 0.15) is 5.82 Å². The largest absolute Gasteiger partial charge is 0.372 e. The van der Waals surface area contributed by atoms with Gasteiger partial charge in [0.15, 0.2) is 0 Å². The molecule has 0 saturated carbocycles. The Labute approximate surface area is 159 Å². The summed E-state index contributed by atoms with van der Waals surface area (Å²) in [5.74, 6) is -0.278. The Morgan fingerprint density at radius 2 is 1.67 bits per heavy atom. The molecule has 2 unspecified atom stereocenters. The van der Waals surface area contributed by atoms with Gasteiger partial charge in [0.25, 0.3) is 0 Å². The number of nitrogens with zero attached hydrogens (tertiary/aromatic N) is 1. The van der Waals surface area contributed by atoms with E-state index in [-0.39, 0.29) is 30.6 Å². The third-order valence-electron chi connectivity index (χ3n) is 4.52. The minimum atomic E-state index is -0.279. The van der Waals surface area contributed by atoms with E-state index < -0.39 is 0 Å². The molecule has 0 bridgehead atoms. The van der Waals surface area contributed by atoms with Crippen molar-refractivity contribution in [1.29, 1.82) is 0 Å². The maximum atomic E-state index is 14.6. The van der Waals surface area contributed by atoms with Gasteiger partial charge in [-0.15, -0.1) is 0 Å². The smallest absolute Gasteiger partial charge is 0.315 e. The summed E-state index contributed by atoms with van der Waals surface area (Å²) in [4.78, 5) is 13.9. The van der Waals surface area contributed by atoms with Crippen molar-refractivity contribution < 1.29 is 13.9 Å². The Bertz CT molecular complexity index is 759.